The first-order valence-electron chi connectivity index (χ1n) is 9.82. The summed E-state index contributed by atoms with van der Waals surface area (Å²) in [6.07, 6.45) is 2.06. The predicted octanol–water partition coefficient (Wildman–Crippen LogP) is 3.45. The van der Waals surface area contributed by atoms with E-state index < -0.39 is 0 Å². The quantitative estimate of drug-likeness (QED) is 0.673. The second-order valence-corrected chi connectivity index (χ2v) is 7.05. The number of aryl methyl sites for hydroxylation is 1. The molecule has 0 radical (unpaired) electrons. The van der Waals surface area contributed by atoms with Crippen LogP contribution in [-0.2, 0) is 6.61 Å². The molecule has 1 aromatic heterocycles. The van der Waals surface area contributed by atoms with Gasteiger partial charge in [0.15, 0.2) is 6.61 Å². The van der Waals surface area contributed by atoms with Crippen LogP contribution in [0.2, 0.25) is 0 Å². The van der Waals surface area contributed by atoms with E-state index >= 15 is 0 Å². The van der Waals surface area contributed by atoms with E-state index in [4.69, 9.17) is 9.26 Å². The van der Waals surface area contributed by atoms with Crippen LogP contribution in [0.5, 0.6) is 5.75 Å². The summed E-state index contributed by atoms with van der Waals surface area (Å²) in [6, 6.07) is 13.9. The minimum absolute atomic E-state index is 0.0114. The molecule has 2 aromatic carbocycles. The van der Waals surface area contributed by atoms with E-state index in [2.05, 4.69) is 15.5 Å². The third kappa shape index (κ3) is 4.48. The fourth-order valence-corrected chi connectivity index (χ4v) is 3.35. The number of hydrogen-bond donors (Lipinski definition) is 1. The summed E-state index contributed by atoms with van der Waals surface area (Å²) in [4.78, 5) is 31.4. The molecule has 0 unspecified atom stereocenters. The van der Waals surface area contributed by atoms with Crippen molar-refractivity contribution in [1.82, 2.24) is 15.0 Å². The number of likely N-dealkylation sites (tertiary alicyclic amines) is 1. The zero-order valence-corrected chi connectivity index (χ0v) is 16.6. The smallest absolute Gasteiger partial charge is 0.259 e. The van der Waals surface area contributed by atoms with E-state index in [1.165, 1.54) is 0 Å². The Bertz CT molecular complexity index is 1060. The molecule has 8 nitrogen and oxygen atoms in total. The van der Waals surface area contributed by atoms with Gasteiger partial charge in [0.1, 0.15) is 5.75 Å². The van der Waals surface area contributed by atoms with Gasteiger partial charge in [-0.05, 0) is 43.2 Å². The normalized spacial score (nSPS) is 13.3. The fourth-order valence-electron chi connectivity index (χ4n) is 3.35. The first-order valence-corrected chi connectivity index (χ1v) is 9.82. The summed E-state index contributed by atoms with van der Waals surface area (Å²) in [7, 11) is 0. The van der Waals surface area contributed by atoms with Gasteiger partial charge in [0.05, 0.1) is 5.56 Å². The van der Waals surface area contributed by atoms with Crippen molar-refractivity contribution >= 4 is 17.5 Å². The van der Waals surface area contributed by atoms with Crippen LogP contribution < -0.4 is 10.1 Å². The highest BCUT2D eigenvalue weighted by Gasteiger charge is 2.20. The number of aromatic nitrogens is 2. The molecule has 1 fully saturated rings. The molecular formula is C22H22N4O4. The van der Waals surface area contributed by atoms with Crippen molar-refractivity contribution in [3.05, 3.63) is 71.4 Å². The molecule has 2 amide bonds. The van der Waals surface area contributed by atoms with Crippen LogP contribution in [0, 0.1) is 6.92 Å². The van der Waals surface area contributed by atoms with E-state index in [-0.39, 0.29) is 18.4 Å². The van der Waals surface area contributed by atoms with Crippen molar-refractivity contribution in [2.45, 2.75) is 26.4 Å². The molecule has 1 saturated heterocycles. The lowest BCUT2D eigenvalue weighted by Crippen LogP contribution is -2.27. The number of ether oxygens (including phenoxy) is 1. The van der Waals surface area contributed by atoms with Gasteiger partial charge in [-0.3, -0.25) is 9.59 Å². The summed E-state index contributed by atoms with van der Waals surface area (Å²) in [5.74, 6) is 0.906. The zero-order chi connectivity index (χ0) is 20.9. The molecule has 0 atom stereocenters. The average Bonchev–Trinajstić information content (AvgIpc) is 3.44. The fraction of sp³-hybridized carbons (Fsp3) is 0.273. The Morgan fingerprint density at radius 1 is 1.13 bits per heavy atom. The molecule has 8 heteroatoms. The Balaban J connectivity index is 1.46. The van der Waals surface area contributed by atoms with E-state index in [1.807, 2.05) is 4.90 Å². The molecule has 1 aliphatic rings. The van der Waals surface area contributed by atoms with Gasteiger partial charge in [0.2, 0.25) is 11.7 Å². The maximum Gasteiger partial charge on any atom is 0.259 e. The standard InChI is InChI=1S/C22H22N4O4/c1-15-23-20(25-30-15)14-29-19-10-3-2-9-18(19)21(27)24-17-8-6-7-16(13-17)22(28)26-11-4-5-12-26/h2-3,6-10,13H,4-5,11-12,14H2,1H3,(H,24,27). The Labute approximate surface area is 173 Å². The van der Waals surface area contributed by atoms with Gasteiger partial charge in [-0.15, -0.1) is 0 Å². The maximum absolute atomic E-state index is 12.9. The van der Waals surface area contributed by atoms with Gasteiger partial charge >= 0.3 is 0 Å². The molecule has 30 heavy (non-hydrogen) atoms. The number of rotatable bonds is 6. The summed E-state index contributed by atoms with van der Waals surface area (Å²) >= 11 is 0. The van der Waals surface area contributed by atoms with E-state index in [1.54, 1.807) is 55.5 Å². The largest absolute Gasteiger partial charge is 0.485 e. The number of amides is 2. The van der Waals surface area contributed by atoms with Crippen LogP contribution in [0.25, 0.3) is 0 Å². The Morgan fingerprint density at radius 2 is 1.93 bits per heavy atom. The Morgan fingerprint density at radius 3 is 2.70 bits per heavy atom. The minimum Gasteiger partial charge on any atom is -0.485 e. The molecule has 0 spiro atoms. The van der Waals surface area contributed by atoms with Gasteiger partial charge in [-0.25, -0.2) is 0 Å². The van der Waals surface area contributed by atoms with Gasteiger partial charge < -0.3 is 19.5 Å². The molecule has 154 valence electrons. The van der Waals surface area contributed by atoms with Crippen molar-refractivity contribution in [2.75, 3.05) is 18.4 Å². The molecular weight excluding hydrogens is 384 g/mol. The van der Waals surface area contributed by atoms with Crippen LogP contribution in [0.1, 0.15) is 45.3 Å². The van der Waals surface area contributed by atoms with Gasteiger partial charge in [-0.1, -0.05) is 23.4 Å². The molecule has 1 N–H and O–H groups in total. The number of carbonyl (C=O) groups is 2. The molecule has 0 aliphatic carbocycles. The third-order valence-corrected chi connectivity index (χ3v) is 4.82. The van der Waals surface area contributed by atoms with Crippen LogP contribution in [0.3, 0.4) is 0 Å². The van der Waals surface area contributed by atoms with Crippen molar-refractivity contribution in [1.29, 1.82) is 0 Å². The lowest BCUT2D eigenvalue weighted by atomic mass is 10.1. The highest BCUT2D eigenvalue weighted by atomic mass is 16.5. The Kier molecular flexibility index (Phi) is 5.74. The van der Waals surface area contributed by atoms with Crippen LogP contribution in [0.4, 0.5) is 5.69 Å². The summed E-state index contributed by atoms with van der Waals surface area (Å²) in [6.45, 7) is 3.34. The van der Waals surface area contributed by atoms with Gasteiger partial charge in [0, 0.05) is 31.3 Å². The highest BCUT2D eigenvalue weighted by Crippen LogP contribution is 2.22. The number of hydrogen-bond acceptors (Lipinski definition) is 6. The summed E-state index contributed by atoms with van der Waals surface area (Å²) < 4.78 is 10.6. The van der Waals surface area contributed by atoms with E-state index in [0.29, 0.717) is 34.3 Å². The van der Waals surface area contributed by atoms with Gasteiger partial charge in [-0.2, -0.15) is 4.98 Å². The minimum atomic E-state index is -0.333. The van der Waals surface area contributed by atoms with Crippen LogP contribution >= 0.6 is 0 Å². The molecule has 2 heterocycles. The molecule has 0 saturated carbocycles. The van der Waals surface area contributed by atoms with Crippen molar-refractivity contribution < 1.29 is 18.8 Å². The predicted molar refractivity (Wildman–Crippen MR) is 109 cm³/mol. The zero-order valence-electron chi connectivity index (χ0n) is 16.6. The summed E-state index contributed by atoms with van der Waals surface area (Å²) in [5.41, 5.74) is 1.48. The highest BCUT2D eigenvalue weighted by molar-refractivity contribution is 6.06. The molecule has 3 aromatic rings. The Hall–Kier alpha value is -3.68. The molecule has 4 rings (SSSR count). The monoisotopic (exact) mass is 406 g/mol. The van der Waals surface area contributed by atoms with Crippen LogP contribution in [0.15, 0.2) is 53.1 Å². The van der Waals surface area contributed by atoms with Gasteiger partial charge in [0.25, 0.3) is 11.8 Å². The number of nitrogens with one attached hydrogen (secondary N) is 1. The van der Waals surface area contributed by atoms with E-state index in [0.717, 1.165) is 25.9 Å². The number of anilines is 1. The third-order valence-electron chi connectivity index (χ3n) is 4.82. The van der Waals surface area contributed by atoms with Crippen LogP contribution in [-0.4, -0.2) is 39.9 Å². The molecule has 1 aliphatic heterocycles. The second kappa shape index (κ2) is 8.77. The lowest BCUT2D eigenvalue weighted by molar-refractivity contribution is 0.0792. The molecule has 0 bridgehead atoms. The number of nitrogens with zero attached hydrogens (tertiary/aromatic N) is 3. The number of benzene rings is 2. The lowest BCUT2D eigenvalue weighted by Gasteiger charge is -2.16. The topological polar surface area (TPSA) is 97.6 Å². The first kappa shape index (κ1) is 19.6. The average molecular weight is 406 g/mol. The number of para-hydroxylation sites is 1. The SMILES string of the molecule is Cc1nc(COc2ccccc2C(=O)Nc2cccc(C(=O)N3CCCC3)c2)no1. The van der Waals surface area contributed by atoms with Crippen molar-refractivity contribution in [3.63, 3.8) is 0 Å². The maximum atomic E-state index is 12.9. The van der Waals surface area contributed by atoms with Crippen molar-refractivity contribution in [2.24, 2.45) is 0 Å². The summed E-state index contributed by atoms with van der Waals surface area (Å²) in [5, 5.41) is 6.63. The second-order valence-electron chi connectivity index (χ2n) is 7.05. The van der Waals surface area contributed by atoms with Crippen molar-refractivity contribution in [3.8, 4) is 5.75 Å². The number of carbonyl (C=O) groups excluding carboxylic acids is 2. The van der Waals surface area contributed by atoms with E-state index in [9.17, 15) is 9.59 Å². The first-order chi connectivity index (χ1) is 14.6.